The third kappa shape index (κ3) is 2.50. The van der Waals surface area contributed by atoms with Crippen molar-refractivity contribution in [3.8, 4) is 0 Å². The number of benzene rings is 1. The van der Waals surface area contributed by atoms with Gasteiger partial charge >= 0.3 is 0 Å². The van der Waals surface area contributed by atoms with Crippen LogP contribution in [-0.4, -0.2) is 10.1 Å². The highest BCUT2D eigenvalue weighted by Gasteiger charge is 2.15. The molecule has 1 aromatic carbocycles. The maximum Gasteiger partial charge on any atom is 0.131 e. The molecule has 2 nitrogen and oxygen atoms in total. The van der Waals surface area contributed by atoms with Crippen molar-refractivity contribution in [2.75, 3.05) is 0 Å². The molecule has 0 spiro atoms. The Morgan fingerprint density at radius 1 is 1.19 bits per heavy atom. The summed E-state index contributed by atoms with van der Waals surface area (Å²) in [5.74, 6) is 0. The molecule has 0 aliphatic carbocycles. The summed E-state index contributed by atoms with van der Waals surface area (Å²) in [4.78, 5) is 4.00. The van der Waals surface area contributed by atoms with E-state index in [0.29, 0.717) is 25.0 Å². The monoisotopic (exact) mass is 293 g/mol. The van der Waals surface area contributed by atoms with Crippen LogP contribution in [0.2, 0.25) is 14.4 Å². The summed E-state index contributed by atoms with van der Waals surface area (Å²) in [6, 6.07) is 4.95. The highest BCUT2D eigenvalue weighted by Crippen LogP contribution is 2.31. The van der Waals surface area contributed by atoms with Gasteiger partial charge in [-0.1, -0.05) is 40.9 Å². The van der Waals surface area contributed by atoms with E-state index in [2.05, 4.69) is 4.98 Å². The van der Waals surface area contributed by atoms with Gasteiger partial charge in [-0.05, 0) is 17.7 Å². The SMILES string of the molecule is OC(c1ccc(Cl)c(Cl)c1)c1ncc(Cl)s1. The Labute approximate surface area is 111 Å². The van der Waals surface area contributed by atoms with Crippen LogP contribution >= 0.6 is 46.1 Å². The van der Waals surface area contributed by atoms with E-state index in [-0.39, 0.29) is 0 Å². The number of thiazole rings is 1. The molecule has 0 aliphatic rings. The first-order chi connectivity index (χ1) is 7.58. The average Bonchev–Trinajstić information content (AvgIpc) is 2.68. The maximum atomic E-state index is 10.0. The van der Waals surface area contributed by atoms with Gasteiger partial charge in [-0.3, -0.25) is 0 Å². The maximum absolute atomic E-state index is 10.0. The number of rotatable bonds is 2. The first-order valence-corrected chi connectivity index (χ1v) is 6.27. The highest BCUT2D eigenvalue weighted by molar-refractivity contribution is 7.15. The van der Waals surface area contributed by atoms with Crippen molar-refractivity contribution in [2.24, 2.45) is 0 Å². The predicted molar refractivity (Wildman–Crippen MR) is 67.6 cm³/mol. The molecule has 1 N–H and O–H groups in total. The summed E-state index contributed by atoms with van der Waals surface area (Å²) in [5.41, 5.74) is 0.639. The standard InChI is InChI=1S/C10H6Cl3NOS/c11-6-2-1-5(3-7(6)12)9(15)10-14-4-8(13)16-10/h1-4,9,15H. The molecule has 6 heteroatoms. The van der Waals surface area contributed by atoms with Gasteiger partial charge in [0.1, 0.15) is 15.4 Å². The van der Waals surface area contributed by atoms with Gasteiger partial charge in [-0.2, -0.15) is 0 Å². The summed E-state index contributed by atoms with van der Waals surface area (Å²) in [6.07, 6.45) is 0.676. The molecule has 0 amide bonds. The zero-order valence-electron chi connectivity index (χ0n) is 7.82. The molecule has 2 rings (SSSR count). The molecule has 1 unspecified atom stereocenters. The molecule has 16 heavy (non-hydrogen) atoms. The molecule has 2 aromatic rings. The summed E-state index contributed by atoms with van der Waals surface area (Å²) in [7, 11) is 0. The summed E-state index contributed by atoms with van der Waals surface area (Å²) in [6.45, 7) is 0. The van der Waals surface area contributed by atoms with Crippen molar-refractivity contribution < 1.29 is 5.11 Å². The smallest absolute Gasteiger partial charge is 0.131 e. The number of aliphatic hydroxyl groups is 1. The van der Waals surface area contributed by atoms with Crippen LogP contribution < -0.4 is 0 Å². The predicted octanol–water partition coefficient (Wildman–Crippen LogP) is 4.19. The van der Waals surface area contributed by atoms with Crippen molar-refractivity contribution in [1.82, 2.24) is 4.98 Å². The molecule has 0 saturated carbocycles. The Morgan fingerprint density at radius 3 is 2.50 bits per heavy atom. The number of nitrogens with zero attached hydrogens (tertiary/aromatic N) is 1. The van der Waals surface area contributed by atoms with Gasteiger partial charge < -0.3 is 5.11 Å². The highest BCUT2D eigenvalue weighted by atomic mass is 35.5. The van der Waals surface area contributed by atoms with Crippen LogP contribution in [0.5, 0.6) is 0 Å². The largest absolute Gasteiger partial charge is 0.381 e. The van der Waals surface area contributed by atoms with Gasteiger partial charge in [-0.15, -0.1) is 11.3 Å². The van der Waals surface area contributed by atoms with Crippen LogP contribution in [0.3, 0.4) is 0 Å². The Balaban J connectivity index is 2.33. The Bertz CT molecular complexity index is 515. The Morgan fingerprint density at radius 2 is 1.94 bits per heavy atom. The Kier molecular flexibility index (Phi) is 3.72. The molecule has 1 aromatic heterocycles. The van der Waals surface area contributed by atoms with Gasteiger partial charge in [0.2, 0.25) is 0 Å². The van der Waals surface area contributed by atoms with Crippen molar-refractivity contribution in [3.05, 3.63) is 49.3 Å². The second kappa shape index (κ2) is 4.90. The Hall–Kier alpha value is -0.320. The zero-order valence-corrected chi connectivity index (χ0v) is 10.9. The van der Waals surface area contributed by atoms with Gasteiger partial charge in [-0.25, -0.2) is 4.98 Å². The molecule has 0 bridgehead atoms. The lowest BCUT2D eigenvalue weighted by atomic mass is 10.1. The van der Waals surface area contributed by atoms with E-state index >= 15 is 0 Å². The minimum Gasteiger partial charge on any atom is -0.381 e. The molecule has 0 fully saturated rings. The molecule has 84 valence electrons. The van der Waals surface area contributed by atoms with E-state index < -0.39 is 6.10 Å². The van der Waals surface area contributed by atoms with Crippen LogP contribution in [0.25, 0.3) is 0 Å². The van der Waals surface area contributed by atoms with Crippen LogP contribution in [-0.2, 0) is 0 Å². The van der Waals surface area contributed by atoms with Crippen molar-refractivity contribution in [1.29, 1.82) is 0 Å². The fourth-order valence-corrected chi connectivity index (χ4v) is 2.47. The third-order valence-corrected chi connectivity index (χ3v) is 3.89. The van der Waals surface area contributed by atoms with Crippen molar-refractivity contribution in [2.45, 2.75) is 6.10 Å². The van der Waals surface area contributed by atoms with E-state index in [1.54, 1.807) is 18.2 Å². The lowest BCUT2D eigenvalue weighted by Gasteiger charge is -2.08. The number of hydrogen-bond acceptors (Lipinski definition) is 3. The molecular formula is C10H6Cl3NOS. The van der Waals surface area contributed by atoms with E-state index in [1.807, 2.05) is 0 Å². The van der Waals surface area contributed by atoms with Gasteiger partial charge in [0.25, 0.3) is 0 Å². The van der Waals surface area contributed by atoms with Gasteiger partial charge in [0.05, 0.1) is 16.2 Å². The zero-order chi connectivity index (χ0) is 11.7. The molecular weight excluding hydrogens is 289 g/mol. The molecule has 0 aliphatic heterocycles. The fourth-order valence-electron chi connectivity index (χ4n) is 1.22. The number of hydrogen-bond donors (Lipinski definition) is 1. The first kappa shape index (κ1) is 12.1. The van der Waals surface area contributed by atoms with E-state index in [1.165, 1.54) is 17.5 Å². The molecule has 1 atom stereocenters. The van der Waals surface area contributed by atoms with Crippen LogP contribution in [0.1, 0.15) is 16.7 Å². The normalized spacial score (nSPS) is 12.8. The minimum absolute atomic E-state index is 0.404. The summed E-state index contributed by atoms with van der Waals surface area (Å²) in [5, 5.41) is 11.4. The lowest BCUT2D eigenvalue weighted by Crippen LogP contribution is -1.98. The number of aliphatic hydroxyl groups excluding tert-OH is 1. The van der Waals surface area contributed by atoms with Gasteiger partial charge in [0.15, 0.2) is 0 Å². The van der Waals surface area contributed by atoms with E-state index in [4.69, 9.17) is 34.8 Å². The fraction of sp³-hybridized carbons (Fsp3) is 0.100. The number of halogens is 3. The van der Waals surface area contributed by atoms with Crippen molar-refractivity contribution in [3.63, 3.8) is 0 Å². The number of aromatic nitrogens is 1. The lowest BCUT2D eigenvalue weighted by molar-refractivity contribution is 0.220. The average molecular weight is 295 g/mol. The van der Waals surface area contributed by atoms with E-state index in [9.17, 15) is 5.11 Å². The van der Waals surface area contributed by atoms with Crippen LogP contribution in [0, 0.1) is 0 Å². The quantitative estimate of drug-likeness (QED) is 0.901. The molecule has 0 saturated heterocycles. The minimum atomic E-state index is -0.827. The first-order valence-electron chi connectivity index (χ1n) is 4.32. The molecule has 1 heterocycles. The third-order valence-electron chi connectivity index (χ3n) is 1.99. The van der Waals surface area contributed by atoms with E-state index in [0.717, 1.165) is 0 Å². The van der Waals surface area contributed by atoms with Gasteiger partial charge in [0, 0.05) is 0 Å². The van der Waals surface area contributed by atoms with Crippen LogP contribution in [0.4, 0.5) is 0 Å². The van der Waals surface area contributed by atoms with Crippen LogP contribution in [0.15, 0.2) is 24.4 Å². The molecule has 0 radical (unpaired) electrons. The second-order valence-corrected chi connectivity index (χ2v) is 5.59. The topological polar surface area (TPSA) is 33.1 Å². The van der Waals surface area contributed by atoms with Crippen molar-refractivity contribution >= 4 is 46.1 Å². The second-order valence-electron chi connectivity index (χ2n) is 3.08. The summed E-state index contributed by atoms with van der Waals surface area (Å²) >= 11 is 18.6. The summed E-state index contributed by atoms with van der Waals surface area (Å²) < 4.78 is 0.536.